The molecule has 0 heterocycles. The van der Waals surface area contributed by atoms with Crippen molar-refractivity contribution in [1.82, 2.24) is 5.32 Å². The predicted octanol–water partition coefficient (Wildman–Crippen LogP) is -0.267. The first-order valence-electron chi connectivity index (χ1n) is 3.38. The highest BCUT2D eigenvalue weighted by Gasteiger charge is 2.06. The highest BCUT2D eigenvalue weighted by atomic mass is 16.5. The number of hydrogen-bond acceptors (Lipinski definition) is 3. The number of aliphatic hydroxyl groups is 2. The highest BCUT2D eigenvalue weighted by molar-refractivity contribution is 5.64. The number of amides is 1. The van der Waals surface area contributed by atoms with Crippen LogP contribution < -0.4 is 5.32 Å². The Morgan fingerprint density at radius 1 is 1.45 bits per heavy atom. The van der Waals surface area contributed by atoms with E-state index >= 15 is 0 Å². The van der Waals surface area contributed by atoms with E-state index in [0.717, 1.165) is 0 Å². The van der Waals surface area contributed by atoms with Gasteiger partial charge in [0.2, 0.25) is 0 Å². The summed E-state index contributed by atoms with van der Waals surface area (Å²) in [5.74, 6) is 0. The fourth-order valence-corrected chi connectivity index (χ4v) is 0.682. The van der Waals surface area contributed by atoms with Gasteiger partial charge in [-0.25, -0.2) is 4.79 Å². The maximum atomic E-state index is 10.0. The van der Waals surface area contributed by atoms with Crippen LogP contribution in [0.5, 0.6) is 0 Å². The van der Waals surface area contributed by atoms with Gasteiger partial charge in [-0.05, 0) is 19.8 Å². The summed E-state index contributed by atoms with van der Waals surface area (Å²) in [5.41, 5.74) is 0. The lowest BCUT2D eigenvalue weighted by molar-refractivity contribution is -0.0475. The minimum absolute atomic E-state index is 0.182. The Bertz CT molecular complexity index is 126. The van der Waals surface area contributed by atoms with Gasteiger partial charge < -0.3 is 20.6 Å². The monoisotopic (exact) mass is 163 g/mol. The van der Waals surface area contributed by atoms with Crippen LogP contribution >= 0.6 is 0 Å². The van der Waals surface area contributed by atoms with Gasteiger partial charge >= 0.3 is 6.09 Å². The lowest BCUT2D eigenvalue weighted by atomic mass is 10.2. The molecule has 0 bridgehead atoms. The molecule has 0 aliphatic carbocycles. The van der Waals surface area contributed by atoms with Crippen LogP contribution in [-0.4, -0.2) is 33.7 Å². The third-order valence-electron chi connectivity index (χ3n) is 1.23. The summed E-state index contributed by atoms with van der Waals surface area (Å²) in [6, 6.07) is -0.241. The predicted molar refractivity (Wildman–Crippen MR) is 38.1 cm³/mol. The van der Waals surface area contributed by atoms with Gasteiger partial charge in [0.05, 0.1) is 0 Å². The normalized spacial score (nSPS) is 13.1. The molecule has 0 saturated carbocycles. The molecule has 1 amide bonds. The van der Waals surface area contributed by atoms with E-state index in [2.05, 4.69) is 5.32 Å². The van der Waals surface area contributed by atoms with E-state index in [1.54, 1.807) is 6.92 Å². The molecule has 0 aliphatic rings. The van der Waals surface area contributed by atoms with Gasteiger partial charge in [0.1, 0.15) is 0 Å². The van der Waals surface area contributed by atoms with Crippen LogP contribution in [0.15, 0.2) is 0 Å². The van der Waals surface area contributed by atoms with E-state index in [0.29, 0.717) is 6.42 Å². The minimum atomic E-state index is -1.35. The second kappa shape index (κ2) is 4.92. The Kier molecular flexibility index (Phi) is 4.56. The first kappa shape index (κ1) is 10.2. The average Bonchev–Trinajstić information content (AvgIpc) is 1.82. The molecule has 4 N–H and O–H groups in total. The standard InChI is InChI=1S/C6H13NO4/c1-4(7-6(10)11)2-3-5(8)9/h4-5,7-9H,2-3H2,1H3,(H,10,11). The topological polar surface area (TPSA) is 89.8 Å². The quantitative estimate of drug-likeness (QED) is 0.429. The second-order valence-corrected chi connectivity index (χ2v) is 2.41. The van der Waals surface area contributed by atoms with Gasteiger partial charge in [-0.2, -0.15) is 0 Å². The summed E-state index contributed by atoms with van der Waals surface area (Å²) >= 11 is 0. The van der Waals surface area contributed by atoms with Gasteiger partial charge in [0.25, 0.3) is 0 Å². The average molecular weight is 163 g/mol. The van der Waals surface area contributed by atoms with Crippen molar-refractivity contribution in [1.29, 1.82) is 0 Å². The summed E-state index contributed by atoms with van der Waals surface area (Å²) in [5, 5.41) is 27.2. The second-order valence-electron chi connectivity index (χ2n) is 2.41. The van der Waals surface area contributed by atoms with Gasteiger partial charge in [-0.1, -0.05) is 0 Å². The van der Waals surface area contributed by atoms with Gasteiger partial charge in [0.15, 0.2) is 6.29 Å². The smallest absolute Gasteiger partial charge is 0.404 e. The van der Waals surface area contributed by atoms with E-state index in [1.807, 2.05) is 0 Å². The fraction of sp³-hybridized carbons (Fsp3) is 0.833. The van der Waals surface area contributed by atoms with Crippen molar-refractivity contribution in [2.75, 3.05) is 0 Å². The summed E-state index contributed by atoms with van der Waals surface area (Å²) in [4.78, 5) is 10.0. The molecule has 0 aliphatic heterocycles. The van der Waals surface area contributed by atoms with Crippen molar-refractivity contribution >= 4 is 6.09 Å². The van der Waals surface area contributed by atoms with Crippen LogP contribution in [0, 0.1) is 0 Å². The van der Waals surface area contributed by atoms with Gasteiger partial charge in [-0.3, -0.25) is 0 Å². The first-order valence-corrected chi connectivity index (χ1v) is 3.38. The van der Waals surface area contributed by atoms with Crippen molar-refractivity contribution in [2.24, 2.45) is 0 Å². The Hall–Kier alpha value is -0.810. The Morgan fingerprint density at radius 2 is 2.00 bits per heavy atom. The molecule has 5 nitrogen and oxygen atoms in total. The molecule has 0 aromatic rings. The minimum Gasteiger partial charge on any atom is -0.465 e. The zero-order valence-electron chi connectivity index (χ0n) is 6.32. The molecule has 0 aromatic carbocycles. The molecule has 1 atom stereocenters. The lowest BCUT2D eigenvalue weighted by Crippen LogP contribution is -2.31. The maximum absolute atomic E-state index is 10.0. The Balaban J connectivity index is 3.37. The van der Waals surface area contributed by atoms with E-state index < -0.39 is 12.4 Å². The van der Waals surface area contributed by atoms with E-state index in [9.17, 15) is 4.79 Å². The SMILES string of the molecule is CC(CCC(O)O)NC(=O)O. The number of carboxylic acid groups (broad SMARTS) is 1. The number of rotatable bonds is 4. The van der Waals surface area contributed by atoms with Crippen LogP contribution in [0.1, 0.15) is 19.8 Å². The largest absolute Gasteiger partial charge is 0.465 e. The van der Waals surface area contributed by atoms with E-state index in [1.165, 1.54) is 0 Å². The third-order valence-corrected chi connectivity index (χ3v) is 1.23. The Labute approximate surface area is 64.7 Å². The number of hydrogen-bond donors (Lipinski definition) is 4. The summed E-state index contributed by atoms with van der Waals surface area (Å²) in [7, 11) is 0. The van der Waals surface area contributed by atoms with Crippen LogP contribution in [0.2, 0.25) is 0 Å². The number of aliphatic hydroxyl groups excluding tert-OH is 1. The molecule has 1 unspecified atom stereocenters. The van der Waals surface area contributed by atoms with Crippen molar-refractivity contribution in [3.63, 3.8) is 0 Å². The van der Waals surface area contributed by atoms with Crippen LogP contribution in [-0.2, 0) is 0 Å². The van der Waals surface area contributed by atoms with Crippen molar-refractivity contribution < 1.29 is 20.1 Å². The third kappa shape index (κ3) is 7.08. The van der Waals surface area contributed by atoms with E-state index in [-0.39, 0.29) is 12.5 Å². The van der Waals surface area contributed by atoms with Gasteiger partial charge in [-0.15, -0.1) is 0 Å². The first-order chi connectivity index (χ1) is 5.02. The van der Waals surface area contributed by atoms with E-state index in [4.69, 9.17) is 15.3 Å². The molecule has 0 fully saturated rings. The molecular weight excluding hydrogens is 150 g/mol. The molecule has 0 rings (SSSR count). The van der Waals surface area contributed by atoms with Crippen molar-refractivity contribution in [3.05, 3.63) is 0 Å². The van der Waals surface area contributed by atoms with Crippen molar-refractivity contribution in [3.8, 4) is 0 Å². The zero-order valence-corrected chi connectivity index (χ0v) is 6.32. The fourth-order valence-electron chi connectivity index (χ4n) is 0.682. The zero-order chi connectivity index (χ0) is 8.85. The van der Waals surface area contributed by atoms with Crippen LogP contribution in [0.4, 0.5) is 4.79 Å². The van der Waals surface area contributed by atoms with Crippen LogP contribution in [0.3, 0.4) is 0 Å². The number of carbonyl (C=O) groups is 1. The molecule has 0 saturated heterocycles. The van der Waals surface area contributed by atoms with Crippen LogP contribution in [0.25, 0.3) is 0 Å². The number of nitrogens with one attached hydrogen (secondary N) is 1. The summed E-state index contributed by atoms with van der Waals surface area (Å²) < 4.78 is 0. The molecule has 11 heavy (non-hydrogen) atoms. The maximum Gasteiger partial charge on any atom is 0.404 e. The molecule has 0 spiro atoms. The van der Waals surface area contributed by atoms with Crippen molar-refractivity contribution in [2.45, 2.75) is 32.1 Å². The molecule has 0 aromatic heterocycles. The van der Waals surface area contributed by atoms with Gasteiger partial charge in [0, 0.05) is 6.04 Å². The summed E-state index contributed by atoms with van der Waals surface area (Å²) in [6.45, 7) is 1.66. The lowest BCUT2D eigenvalue weighted by Gasteiger charge is -2.11. The summed E-state index contributed by atoms with van der Waals surface area (Å²) in [6.07, 6.45) is -1.84. The highest BCUT2D eigenvalue weighted by Crippen LogP contribution is 1.98. The molecule has 5 heteroatoms. The molecular formula is C6H13NO4. The molecule has 66 valence electrons. The Morgan fingerprint density at radius 3 is 2.36 bits per heavy atom. The molecule has 0 radical (unpaired) electrons.